The highest BCUT2D eigenvalue weighted by atomic mass is 35.5. The molecular weight excluding hydrogens is 226 g/mol. The first-order valence-electron chi connectivity index (χ1n) is 4.28. The van der Waals surface area contributed by atoms with Crippen LogP contribution in [-0.4, -0.2) is 11.1 Å². The number of aliphatic carboxylic acids is 1. The fraction of sp³-hybridized carbons (Fsp3) is 0.300. The quantitative estimate of drug-likeness (QED) is 0.817. The van der Waals surface area contributed by atoms with E-state index in [2.05, 4.69) is 0 Å². The van der Waals surface area contributed by atoms with Crippen LogP contribution in [0.3, 0.4) is 0 Å². The van der Waals surface area contributed by atoms with Crippen LogP contribution in [-0.2, 0) is 11.2 Å². The Morgan fingerprint density at radius 2 is 2.07 bits per heavy atom. The van der Waals surface area contributed by atoms with Crippen LogP contribution in [0.1, 0.15) is 12.5 Å². The summed E-state index contributed by atoms with van der Waals surface area (Å²) < 4.78 is 25.9. The number of halogens is 3. The monoisotopic (exact) mass is 234 g/mol. The standard InChI is InChI=1S/C10H9ClF2O2/c1-5(10(14)15)2-6-3-7(11)9(13)4-8(6)12/h3-5H,2H2,1H3,(H,14,15). The first-order valence-corrected chi connectivity index (χ1v) is 4.66. The number of carbonyl (C=O) groups is 1. The number of hydrogen-bond donors (Lipinski definition) is 1. The largest absolute Gasteiger partial charge is 0.481 e. The van der Waals surface area contributed by atoms with Crippen molar-refractivity contribution in [1.29, 1.82) is 0 Å². The Hall–Kier alpha value is -1.16. The van der Waals surface area contributed by atoms with Gasteiger partial charge in [-0.15, -0.1) is 0 Å². The fourth-order valence-corrected chi connectivity index (χ4v) is 1.32. The van der Waals surface area contributed by atoms with Gasteiger partial charge in [-0.3, -0.25) is 4.79 Å². The van der Waals surface area contributed by atoms with Crippen molar-refractivity contribution in [3.8, 4) is 0 Å². The molecule has 0 aliphatic carbocycles. The van der Waals surface area contributed by atoms with E-state index < -0.39 is 23.5 Å². The molecule has 0 aliphatic heterocycles. The lowest BCUT2D eigenvalue weighted by Crippen LogP contribution is -2.13. The van der Waals surface area contributed by atoms with E-state index in [0.29, 0.717) is 6.07 Å². The van der Waals surface area contributed by atoms with Crippen molar-refractivity contribution in [2.24, 2.45) is 5.92 Å². The third-order valence-electron chi connectivity index (χ3n) is 2.04. The van der Waals surface area contributed by atoms with Gasteiger partial charge in [0.15, 0.2) is 0 Å². The molecule has 5 heteroatoms. The highest BCUT2D eigenvalue weighted by molar-refractivity contribution is 6.30. The second-order valence-corrected chi connectivity index (χ2v) is 3.71. The van der Waals surface area contributed by atoms with Crippen molar-refractivity contribution >= 4 is 17.6 Å². The maximum Gasteiger partial charge on any atom is 0.306 e. The molecule has 0 saturated carbocycles. The second-order valence-electron chi connectivity index (χ2n) is 3.30. The average Bonchev–Trinajstić information content (AvgIpc) is 2.13. The van der Waals surface area contributed by atoms with Gasteiger partial charge in [-0.1, -0.05) is 18.5 Å². The molecule has 0 spiro atoms. The summed E-state index contributed by atoms with van der Waals surface area (Å²) in [5, 5.41) is 8.42. The smallest absolute Gasteiger partial charge is 0.306 e. The SMILES string of the molecule is CC(Cc1cc(Cl)c(F)cc1F)C(=O)O. The maximum absolute atomic E-state index is 13.2. The third kappa shape index (κ3) is 2.89. The van der Waals surface area contributed by atoms with Gasteiger partial charge in [-0.05, 0) is 18.1 Å². The Morgan fingerprint density at radius 3 is 2.60 bits per heavy atom. The zero-order valence-corrected chi connectivity index (χ0v) is 8.68. The predicted octanol–water partition coefficient (Wildman–Crippen LogP) is 2.88. The molecule has 0 aromatic heterocycles. The molecular formula is C10H9ClF2O2. The molecule has 1 aromatic carbocycles. The summed E-state index contributed by atoms with van der Waals surface area (Å²) in [6.07, 6.45) is -0.0127. The number of hydrogen-bond acceptors (Lipinski definition) is 1. The number of carboxylic acids is 1. The van der Waals surface area contributed by atoms with E-state index in [0.717, 1.165) is 6.07 Å². The van der Waals surface area contributed by atoms with Gasteiger partial charge in [0, 0.05) is 6.07 Å². The van der Waals surface area contributed by atoms with Gasteiger partial charge >= 0.3 is 5.97 Å². The van der Waals surface area contributed by atoms with Gasteiger partial charge < -0.3 is 5.11 Å². The summed E-state index contributed by atoms with van der Waals surface area (Å²) in [5.41, 5.74) is 0.108. The van der Waals surface area contributed by atoms with Gasteiger partial charge in [-0.25, -0.2) is 8.78 Å². The molecule has 0 saturated heterocycles. The van der Waals surface area contributed by atoms with Crippen molar-refractivity contribution in [3.05, 3.63) is 34.4 Å². The van der Waals surface area contributed by atoms with E-state index in [-0.39, 0.29) is 17.0 Å². The molecule has 1 N–H and O–H groups in total. The van der Waals surface area contributed by atoms with Crippen molar-refractivity contribution in [2.45, 2.75) is 13.3 Å². The zero-order valence-electron chi connectivity index (χ0n) is 7.93. The van der Waals surface area contributed by atoms with Crippen molar-refractivity contribution in [1.82, 2.24) is 0 Å². The summed E-state index contributed by atoms with van der Waals surface area (Å²) in [6, 6.07) is 1.78. The molecule has 82 valence electrons. The molecule has 0 radical (unpaired) electrons. The van der Waals surface area contributed by atoms with Crippen LogP contribution in [0.2, 0.25) is 5.02 Å². The van der Waals surface area contributed by atoms with Gasteiger partial charge in [0.2, 0.25) is 0 Å². The Kier molecular flexibility index (Phi) is 3.63. The Labute approximate surface area is 90.5 Å². The van der Waals surface area contributed by atoms with Crippen LogP contribution >= 0.6 is 11.6 Å². The summed E-state index contributed by atoms with van der Waals surface area (Å²) >= 11 is 5.46. The molecule has 1 aromatic rings. The number of rotatable bonds is 3. The van der Waals surface area contributed by atoms with E-state index in [1.165, 1.54) is 6.92 Å². The highest BCUT2D eigenvalue weighted by Gasteiger charge is 2.16. The normalized spacial score (nSPS) is 12.5. The Balaban J connectivity index is 2.95. The summed E-state index contributed by atoms with van der Waals surface area (Å²) in [4.78, 5) is 10.5. The van der Waals surface area contributed by atoms with Crippen molar-refractivity contribution < 1.29 is 18.7 Å². The minimum absolute atomic E-state index is 0.0127. The minimum Gasteiger partial charge on any atom is -0.481 e. The van der Waals surface area contributed by atoms with Crippen LogP contribution in [0.25, 0.3) is 0 Å². The lowest BCUT2D eigenvalue weighted by atomic mass is 10.0. The van der Waals surface area contributed by atoms with E-state index in [9.17, 15) is 13.6 Å². The van der Waals surface area contributed by atoms with Gasteiger partial charge in [0.25, 0.3) is 0 Å². The lowest BCUT2D eigenvalue weighted by Gasteiger charge is -2.08. The summed E-state index contributed by atoms with van der Waals surface area (Å²) in [7, 11) is 0. The molecule has 1 unspecified atom stereocenters. The second kappa shape index (κ2) is 4.57. The Morgan fingerprint density at radius 1 is 1.47 bits per heavy atom. The highest BCUT2D eigenvalue weighted by Crippen LogP contribution is 2.21. The first-order chi connectivity index (χ1) is 6.91. The van der Waals surface area contributed by atoms with Crippen LogP contribution in [0.4, 0.5) is 8.78 Å². The van der Waals surface area contributed by atoms with Gasteiger partial charge in [0.05, 0.1) is 10.9 Å². The number of benzene rings is 1. The molecule has 0 aliphatic rings. The molecule has 0 fully saturated rings. The molecule has 0 amide bonds. The van der Waals surface area contributed by atoms with Crippen LogP contribution in [0.15, 0.2) is 12.1 Å². The molecule has 1 rings (SSSR count). The van der Waals surface area contributed by atoms with Crippen molar-refractivity contribution in [2.75, 3.05) is 0 Å². The minimum atomic E-state index is -1.03. The Bertz CT molecular complexity index is 393. The summed E-state index contributed by atoms with van der Waals surface area (Å²) in [6.45, 7) is 1.44. The third-order valence-corrected chi connectivity index (χ3v) is 2.33. The van der Waals surface area contributed by atoms with Crippen molar-refractivity contribution in [3.63, 3.8) is 0 Å². The molecule has 0 bridgehead atoms. The van der Waals surface area contributed by atoms with Crippen LogP contribution in [0.5, 0.6) is 0 Å². The van der Waals surface area contributed by atoms with Crippen LogP contribution < -0.4 is 0 Å². The van der Waals surface area contributed by atoms with E-state index in [1.807, 2.05) is 0 Å². The fourth-order valence-electron chi connectivity index (χ4n) is 1.14. The molecule has 15 heavy (non-hydrogen) atoms. The molecule has 2 nitrogen and oxygen atoms in total. The predicted molar refractivity (Wildman–Crippen MR) is 51.9 cm³/mol. The molecule has 0 heterocycles. The first kappa shape index (κ1) is 11.9. The van der Waals surface area contributed by atoms with E-state index in [1.54, 1.807) is 0 Å². The van der Waals surface area contributed by atoms with E-state index >= 15 is 0 Å². The lowest BCUT2D eigenvalue weighted by molar-refractivity contribution is -0.141. The van der Waals surface area contributed by atoms with E-state index in [4.69, 9.17) is 16.7 Å². The average molecular weight is 235 g/mol. The van der Waals surface area contributed by atoms with Crippen LogP contribution in [0, 0.1) is 17.6 Å². The zero-order chi connectivity index (χ0) is 11.6. The summed E-state index contributed by atoms with van der Waals surface area (Å²) in [5.74, 6) is -3.39. The number of carboxylic acid groups (broad SMARTS) is 1. The van der Waals surface area contributed by atoms with Gasteiger partial charge in [0.1, 0.15) is 11.6 Å². The topological polar surface area (TPSA) is 37.3 Å². The maximum atomic E-state index is 13.2. The van der Waals surface area contributed by atoms with Gasteiger partial charge in [-0.2, -0.15) is 0 Å². The molecule has 1 atom stereocenters.